The summed E-state index contributed by atoms with van der Waals surface area (Å²) >= 11 is 0. The molecule has 3 nitrogen and oxygen atoms in total. The van der Waals surface area contributed by atoms with Crippen molar-refractivity contribution in [2.24, 2.45) is 17.2 Å². The highest BCUT2D eigenvalue weighted by Gasteiger charge is 2.45. The maximum Gasteiger partial charge on any atom is 0.0512 e. The van der Waals surface area contributed by atoms with E-state index in [2.05, 4.69) is 6.92 Å². The molecule has 2 fully saturated rings. The molecule has 2 N–H and O–H groups in total. The van der Waals surface area contributed by atoms with Gasteiger partial charge in [-0.25, -0.2) is 5.01 Å². The monoisotopic (exact) mass is 212 g/mol. The van der Waals surface area contributed by atoms with Crippen molar-refractivity contribution in [3.05, 3.63) is 0 Å². The first-order valence-corrected chi connectivity index (χ1v) is 6.34. The van der Waals surface area contributed by atoms with E-state index in [0.29, 0.717) is 11.3 Å². The van der Waals surface area contributed by atoms with Crippen LogP contribution in [0.2, 0.25) is 0 Å². The van der Waals surface area contributed by atoms with Crippen LogP contribution >= 0.6 is 0 Å². The van der Waals surface area contributed by atoms with E-state index >= 15 is 0 Å². The van der Waals surface area contributed by atoms with E-state index in [1.807, 2.05) is 5.01 Å². The van der Waals surface area contributed by atoms with E-state index < -0.39 is 0 Å². The molecule has 0 bridgehead atoms. The Hall–Kier alpha value is -0.120. The van der Waals surface area contributed by atoms with E-state index in [4.69, 9.17) is 10.6 Å². The smallest absolute Gasteiger partial charge is 0.0512 e. The molecule has 0 aromatic carbocycles. The van der Waals surface area contributed by atoms with Crippen molar-refractivity contribution < 1.29 is 4.74 Å². The lowest BCUT2D eigenvalue weighted by Crippen LogP contribution is -2.35. The SMILES string of the molecule is CCOC[C@H]1CN(N)CC12CCCCC2. The number of ether oxygens (including phenoxy) is 1. The topological polar surface area (TPSA) is 38.5 Å². The van der Waals surface area contributed by atoms with Gasteiger partial charge < -0.3 is 4.74 Å². The van der Waals surface area contributed by atoms with Gasteiger partial charge in [-0.15, -0.1) is 0 Å². The number of nitrogens with zero attached hydrogens (tertiary/aromatic N) is 1. The summed E-state index contributed by atoms with van der Waals surface area (Å²) in [5.41, 5.74) is 0.488. The minimum absolute atomic E-state index is 0.488. The first-order valence-electron chi connectivity index (χ1n) is 6.34. The molecule has 1 spiro atoms. The fraction of sp³-hybridized carbons (Fsp3) is 1.00. The Morgan fingerprint density at radius 2 is 2.07 bits per heavy atom. The molecular formula is C12H24N2O. The van der Waals surface area contributed by atoms with E-state index in [-0.39, 0.29) is 0 Å². The molecule has 1 atom stereocenters. The minimum Gasteiger partial charge on any atom is -0.381 e. The van der Waals surface area contributed by atoms with Gasteiger partial charge in [-0.05, 0) is 25.2 Å². The van der Waals surface area contributed by atoms with Crippen molar-refractivity contribution in [3.63, 3.8) is 0 Å². The fourth-order valence-corrected chi connectivity index (χ4v) is 3.39. The van der Waals surface area contributed by atoms with Gasteiger partial charge in [0.2, 0.25) is 0 Å². The van der Waals surface area contributed by atoms with Gasteiger partial charge >= 0.3 is 0 Å². The van der Waals surface area contributed by atoms with E-state index in [0.717, 1.165) is 26.3 Å². The zero-order valence-electron chi connectivity index (χ0n) is 9.87. The van der Waals surface area contributed by atoms with Crippen LogP contribution < -0.4 is 5.84 Å². The summed E-state index contributed by atoms with van der Waals surface area (Å²) in [6.07, 6.45) is 6.90. The molecule has 1 saturated heterocycles. The van der Waals surface area contributed by atoms with Crippen molar-refractivity contribution in [3.8, 4) is 0 Å². The lowest BCUT2D eigenvalue weighted by atomic mass is 9.68. The van der Waals surface area contributed by atoms with Crippen LogP contribution in [0, 0.1) is 11.3 Å². The summed E-state index contributed by atoms with van der Waals surface area (Å²) in [6, 6.07) is 0. The molecule has 3 heteroatoms. The maximum atomic E-state index is 5.98. The third-order valence-electron chi connectivity index (χ3n) is 4.21. The largest absolute Gasteiger partial charge is 0.381 e. The highest BCUT2D eigenvalue weighted by molar-refractivity contribution is 4.96. The average Bonchev–Trinajstić information content (AvgIpc) is 2.53. The van der Waals surface area contributed by atoms with Crippen LogP contribution in [-0.4, -0.2) is 31.3 Å². The molecule has 1 saturated carbocycles. The van der Waals surface area contributed by atoms with Gasteiger partial charge in [-0.1, -0.05) is 19.3 Å². The van der Waals surface area contributed by atoms with Crippen molar-refractivity contribution in [1.29, 1.82) is 0 Å². The van der Waals surface area contributed by atoms with Crippen LogP contribution in [0.4, 0.5) is 0 Å². The van der Waals surface area contributed by atoms with Crippen LogP contribution in [0.1, 0.15) is 39.0 Å². The highest BCUT2D eigenvalue weighted by Crippen LogP contribution is 2.46. The lowest BCUT2D eigenvalue weighted by molar-refractivity contribution is 0.0467. The first-order chi connectivity index (χ1) is 7.27. The molecule has 1 aliphatic heterocycles. The van der Waals surface area contributed by atoms with E-state index in [1.54, 1.807) is 0 Å². The van der Waals surface area contributed by atoms with Gasteiger partial charge in [0.25, 0.3) is 0 Å². The molecule has 2 rings (SSSR count). The summed E-state index contributed by atoms with van der Waals surface area (Å²) in [7, 11) is 0. The van der Waals surface area contributed by atoms with E-state index in [1.165, 1.54) is 32.1 Å². The molecule has 1 aliphatic carbocycles. The second kappa shape index (κ2) is 4.81. The number of hydrogen-bond acceptors (Lipinski definition) is 3. The van der Waals surface area contributed by atoms with Crippen LogP contribution in [0.5, 0.6) is 0 Å². The van der Waals surface area contributed by atoms with Crippen LogP contribution in [-0.2, 0) is 4.74 Å². The van der Waals surface area contributed by atoms with Crippen LogP contribution in [0.3, 0.4) is 0 Å². The molecule has 2 aliphatic rings. The Kier molecular flexibility index (Phi) is 3.65. The summed E-state index contributed by atoms with van der Waals surface area (Å²) in [5, 5.41) is 2.01. The summed E-state index contributed by atoms with van der Waals surface area (Å²) in [5.74, 6) is 6.65. The first kappa shape index (κ1) is 11.4. The molecule has 88 valence electrons. The molecular weight excluding hydrogens is 188 g/mol. The summed E-state index contributed by atoms with van der Waals surface area (Å²) in [4.78, 5) is 0. The number of rotatable bonds is 3. The van der Waals surface area contributed by atoms with Crippen molar-refractivity contribution in [1.82, 2.24) is 5.01 Å². The maximum absolute atomic E-state index is 5.98. The molecule has 0 radical (unpaired) electrons. The average molecular weight is 212 g/mol. The molecule has 0 unspecified atom stereocenters. The Labute approximate surface area is 92.9 Å². The third kappa shape index (κ3) is 2.35. The van der Waals surface area contributed by atoms with Gasteiger partial charge in [-0.2, -0.15) is 0 Å². The number of hydrogen-bond donors (Lipinski definition) is 1. The van der Waals surface area contributed by atoms with Crippen LogP contribution in [0.15, 0.2) is 0 Å². The van der Waals surface area contributed by atoms with E-state index in [9.17, 15) is 0 Å². The normalized spacial score (nSPS) is 31.2. The summed E-state index contributed by atoms with van der Waals surface area (Å²) < 4.78 is 5.61. The highest BCUT2D eigenvalue weighted by atomic mass is 16.5. The van der Waals surface area contributed by atoms with Gasteiger partial charge in [0.05, 0.1) is 6.61 Å². The third-order valence-corrected chi connectivity index (χ3v) is 4.21. The van der Waals surface area contributed by atoms with Gasteiger partial charge in [0.1, 0.15) is 0 Å². The summed E-state index contributed by atoms with van der Waals surface area (Å²) in [6.45, 7) is 5.93. The lowest BCUT2D eigenvalue weighted by Gasteiger charge is -2.38. The molecule has 0 aromatic heterocycles. The molecule has 0 amide bonds. The standard InChI is InChI=1S/C12H24N2O/c1-2-15-9-11-8-14(13)10-12(11)6-4-3-5-7-12/h11H,2-10,13H2,1H3/t11-/m1/s1. The second-order valence-electron chi connectivity index (χ2n) is 5.21. The Balaban J connectivity index is 1.99. The molecule has 1 heterocycles. The molecule has 15 heavy (non-hydrogen) atoms. The van der Waals surface area contributed by atoms with Gasteiger partial charge in [0.15, 0.2) is 0 Å². The fourth-order valence-electron chi connectivity index (χ4n) is 3.39. The van der Waals surface area contributed by atoms with Crippen molar-refractivity contribution in [2.75, 3.05) is 26.3 Å². The minimum atomic E-state index is 0.488. The second-order valence-corrected chi connectivity index (χ2v) is 5.21. The Morgan fingerprint density at radius 3 is 2.73 bits per heavy atom. The van der Waals surface area contributed by atoms with Crippen LogP contribution in [0.25, 0.3) is 0 Å². The number of nitrogens with two attached hydrogens (primary N) is 1. The zero-order chi connectivity index (χ0) is 10.7. The predicted octanol–water partition coefficient (Wildman–Crippen LogP) is 1.78. The predicted molar refractivity (Wildman–Crippen MR) is 61.3 cm³/mol. The molecule has 0 aromatic rings. The quantitative estimate of drug-likeness (QED) is 0.725. The van der Waals surface area contributed by atoms with Gasteiger partial charge in [0, 0.05) is 25.6 Å². The van der Waals surface area contributed by atoms with Crippen molar-refractivity contribution >= 4 is 0 Å². The Bertz CT molecular complexity index is 202. The zero-order valence-corrected chi connectivity index (χ0v) is 9.87. The number of hydrazine groups is 1. The van der Waals surface area contributed by atoms with Gasteiger partial charge in [-0.3, -0.25) is 5.84 Å². The Morgan fingerprint density at radius 1 is 1.33 bits per heavy atom. The van der Waals surface area contributed by atoms with Crippen molar-refractivity contribution in [2.45, 2.75) is 39.0 Å².